The number of halogens is 1. The van der Waals surface area contributed by atoms with Gasteiger partial charge in [0.2, 0.25) is 12.0 Å². The minimum Gasteiger partial charge on any atom is -0.454 e. The van der Waals surface area contributed by atoms with Crippen LogP contribution < -0.4 is 4.74 Å². The monoisotopic (exact) mass is 318 g/mol. The first-order valence-electron chi connectivity index (χ1n) is 6.02. The third-order valence-corrected chi connectivity index (χ3v) is 3.00. The molecule has 0 saturated carbocycles. The van der Waals surface area contributed by atoms with E-state index < -0.39 is 58.2 Å². The molecule has 0 aliphatic carbocycles. The molecule has 0 aromatic heterocycles. The lowest BCUT2D eigenvalue weighted by atomic mass is 10.1. The van der Waals surface area contributed by atoms with Gasteiger partial charge in [-0.15, -0.1) is 0 Å². The standard InChI is InChI=1S/C11H11FN2O8/c12-9-10(16)7(15)4-21-11(9)22-8-2-1-5(13(17)18)3-6(8)14(19)20/h1-3,7,9-11,15-16H,4H2/t7-,9-,10+,11+/m1/s1. The summed E-state index contributed by atoms with van der Waals surface area (Å²) in [4.78, 5) is 19.8. The summed E-state index contributed by atoms with van der Waals surface area (Å²) < 4.78 is 23.6. The van der Waals surface area contributed by atoms with Crippen molar-refractivity contribution < 1.29 is 33.9 Å². The summed E-state index contributed by atoms with van der Waals surface area (Å²) in [5, 5.41) is 40.1. The van der Waals surface area contributed by atoms with Crippen molar-refractivity contribution in [3.8, 4) is 5.75 Å². The molecular formula is C11H11FN2O8. The molecule has 1 aromatic carbocycles. The van der Waals surface area contributed by atoms with Gasteiger partial charge in [-0.3, -0.25) is 20.2 Å². The average Bonchev–Trinajstić information content (AvgIpc) is 2.47. The van der Waals surface area contributed by atoms with Gasteiger partial charge in [0.15, 0.2) is 6.17 Å². The van der Waals surface area contributed by atoms with Crippen molar-refractivity contribution >= 4 is 11.4 Å². The van der Waals surface area contributed by atoms with Crippen molar-refractivity contribution in [2.24, 2.45) is 0 Å². The minimum atomic E-state index is -2.14. The van der Waals surface area contributed by atoms with E-state index in [1.165, 1.54) is 0 Å². The van der Waals surface area contributed by atoms with Gasteiger partial charge in [0, 0.05) is 6.07 Å². The Bertz CT molecular complexity index is 597. The quantitative estimate of drug-likeness (QED) is 0.595. The van der Waals surface area contributed by atoms with Crippen LogP contribution in [0.3, 0.4) is 0 Å². The first-order valence-corrected chi connectivity index (χ1v) is 6.02. The number of non-ortho nitro benzene ring substituents is 1. The van der Waals surface area contributed by atoms with Crippen molar-refractivity contribution in [3.05, 3.63) is 38.4 Å². The Morgan fingerprint density at radius 2 is 1.95 bits per heavy atom. The van der Waals surface area contributed by atoms with E-state index in [1.807, 2.05) is 0 Å². The second kappa shape index (κ2) is 6.17. The number of aliphatic hydroxyl groups excluding tert-OH is 2. The number of rotatable bonds is 4. The highest BCUT2D eigenvalue weighted by molar-refractivity contribution is 5.53. The number of alkyl halides is 1. The van der Waals surface area contributed by atoms with Crippen LogP contribution in [0.2, 0.25) is 0 Å². The number of aliphatic hydroxyl groups is 2. The lowest BCUT2D eigenvalue weighted by Gasteiger charge is -2.33. The molecule has 120 valence electrons. The predicted molar refractivity (Wildman–Crippen MR) is 67.0 cm³/mol. The lowest BCUT2D eigenvalue weighted by Crippen LogP contribution is -2.52. The van der Waals surface area contributed by atoms with Gasteiger partial charge in [-0.1, -0.05) is 0 Å². The fourth-order valence-corrected chi connectivity index (χ4v) is 1.84. The van der Waals surface area contributed by atoms with Crippen molar-refractivity contribution in [1.29, 1.82) is 0 Å². The lowest BCUT2D eigenvalue weighted by molar-refractivity contribution is -0.395. The average molecular weight is 318 g/mol. The molecule has 2 N–H and O–H groups in total. The maximum absolute atomic E-state index is 13.8. The summed E-state index contributed by atoms with van der Waals surface area (Å²) in [6.45, 7) is -0.424. The molecule has 0 bridgehead atoms. The van der Waals surface area contributed by atoms with Gasteiger partial charge in [0.1, 0.15) is 12.2 Å². The molecule has 11 heteroatoms. The maximum Gasteiger partial charge on any atom is 0.317 e. The van der Waals surface area contributed by atoms with Gasteiger partial charge in [-0.05, 0) is 6.07 Å². The van der Waals surface area contributed by atoms with E-state index >= 15 is 0 Å². The fraction of sp³-hybridized carbons (Fsp3) is 0.455. The summed E-state index contributed by atoms with van der Waals surface area (Å²) in [5.41, 5.74) is -1.28. The topological polar surface area (TPSA) is 145 Å². The van der Waals surface area contributed by atoms with Crippen LogP contribution in [0.5, 0.6) is 5.75 Å². The van der Waals surface area contributed by atoms with Gasteiger partial charge in [-0.25, -0.2) is 4.39 Å². The Balaban J connectivity index is 2.25. The number of nitrogens with zero attached hydrogens (tertiary/aromatic N) is 2. The smallest absolute Gasteiger partial charge is 0.317 e. The van der Waals surface area contributed by atoms with Crippen molar-refractivity contribution in [2.45, 2.75) is 24.7 Å². The number of ether oxygens (including phenoxy) is 2. The highest BCUT2D eigenvalue weighted by atomic mass is 19.1. The number of nitro benzene ring substituents is 2. The minimum absolute atomic E-state index is 0.424. The summed E-state index contributed by atoms with van der Waals surface area (Å²) in [6.07, 6.45) is -7.03. The Labute approximate surface area is 122 Å². The zero-order valence-electron chi connectivity index (χ0n) is 10.9. The molecule has 10 nitrogen and oxygen atoms in total. The van der Waals surface area contributed by atoms with E-state index in [4.69, 9.17) is 9.47 Å². The van der Waals surface area contributed by atoms with Crippen LogP contribution in [0.1, 0.15) is 0 Å². The van der Waals surface area contributed by atoms with Crippen LogP contribution in [-0.4, -0.2) is 51.3 Å². The van der Waals surface area contributed by atoms with E-state index in [-0.39, 0.29) is 0 Å². The molecule has 0 radical (unpaired) electrons. The Morgan fingerprint density at radius 1 is 1.27 bits per heavy atom. The summed E-state index contributed by atoms with van der Waals surface area (Å²) in [6, 6.07) is 2.55. The fourth-order valence-electron chi connectivity index (χ4n) is 1.84. The van der Waals surface area contributed by atoms with E-state index in [9.17, 15) is 34.8 Å². The second-order valence-corrected chi connectivity index (χ2v) is 4.49. The maximum atomic E-state index is 13.8. The van der Waals surface area contributed by atoms with Crippen LogP contribution >= 0.6 is 0 Å². The van der Waals surface area contributed by atoms with E-state index in [1.54, 1.807) is 0 Å². The second-order valence-electron chi connectivity index (χ2n) is 4.49. The number of hydrogen-bond acceptors (Lipinski definition) is 8. The molecular weight excluding hydrogens is 307 g/mol. The van der Waals surface area contributed by atoms with Crippen LogP contribution in [0.25, 0.3) is 0 Å². The highest BCUT2D eigenvalue weighted by Gasteiger charge is 2.41. The first-order chi connectivity index (χ1) is 10.3. The van der Waals surface area contributed by atoms with Crippen molar-refractivity contribution in [3.63, 3.8) is 0 Å². The normalized spacial score (nSPS) is 28.1. The zero-order chi connectivity index (χ0) is 16.4. The number of benzene rings is 1. The molecule has 1 heterocycles. The van der Waals surface area contributed by atoms with Crippen LogP contribution in [0.15, 0.2) is 18.2 Å². The predicted octanol–water partition coefficient (Wildman–Crippen LogP) is 0.298. The van der Waals surface area contributed by atoms with Gasteiger partial charge in [0.25, 0.3) is 5.69 Å². The van der Waals surface area contributed by atoms with Gasteiger partial charge >= 0.3 is 5.69 Å². The molecule has 4 atom stereocenters. The Kier molecular flexibility index (Phi) is 4.49. The Hall–Kier alpha value is -2.37. The number of hydrogen-bond donors (Lipinski definition) is 2. The largest absolute Gasteiger partial charge is 0.454 e. The molecule has 22 heavy (non-hydrogen) atoms. The van der Waals surface area contributed by atoms with E-state index in [0.717, 1.165) is 12.1 Å². The zero-order valence-corrected chi connectivity index (χ0v) is 10.9. The van der Waals surface area contributed by atoms with Crippen LogP contribution in [-0.2, 0) is 4.74 Å². The first kappa shape index (κ1) is 16.0. The van der Waals surface area contributed by atoms with Crippen molar-refractivity contribution in [1.82, 2.24) is 0 Å². The summed E-state index contributed by atoms with van der Waals surface area (Å²) in [7, 11) is 0. The third kappa shape index (κ3) is 3.10. The summed E-state index contributed by atoms with van der Waals surface area (Å²) in [5.74, 6) is -0.452. The van der Waals surface area contributed by atoms with Crippen LogP contribution in [0.4, 0.5) is 15.8 Å². The van der Waals surface area contributed by atoms with Gasteiger partial charge < -0.3 is 19.7 Å². The van der Waals surface area contributed by atoms with E-state index in [2.05, 4.69) is 0 Å². The van der Waals surface area contributed by atoms with Crippen LogP contribution in [0, 0.1) is 20.2 Å². The molecule has 0 spiro atoms. The number of nitro groups is 2. The molecule has 1 fully saturated rings. The summed E-state index contributed by atoms with van der Waals surface area (Å²) >= 11 is 0. The molecule has 2 rings (SSSR count). The Morgan fingerprint density at radius 3 is 2.55 bits per heavy atom. The molecule has 0 unspecified atom stereocenters. The third-order valence-electron chi connectivity index (χ3n) is 3.00. The molecule has 1 aromatic rings. The molecule has 1 aliphatic heterocycles. The highest BCUT2D eigenvalue weighted by Crippen LogP contribution is 2.33. The molecule has 0 amide bonds. The SMILES string of the molecule is O=[N+]([O-])c1ccc(O[C@@H]2OC[C@@H](O)[C@H](O)[C@H]2F)c([N+](=O)[O-])c1. The van der Waals surface area contributed by atoms with Crippen molar-refractivity contribution in [2.75, 3.05) is 6.61 Å². The van der Waals surface area contributed by atoms with Gasteiger partial charge in [-0.2, -0.15) is 0 Å². The van der Waals surface area contributed by atoms with E-state index in [0.29, 0.717) is 6.07 Å². The molecule has 1 saturated heterocycles. The van der Waals surface area contributed by atoms with Gasteiger partial charge in [0.05, 0.1) is 22.5 Å². The molecule has 1 aliphatic rings.